The second-order valence-electron chi connectivity index (χ2n) is 6.68. The van der Waals surface area contributed by atoms with Crippen LogP contribution in [0.3, 0.4) is 0 Å². The van der Waals surface area contributed by atoms with Crippen LogP contribution in [0, 0.1) is 5.82 Å². The number of benzene rings is 2. The third-order valence-electron chi connectivity index (χ3n) is 4.46. The van der Waals surface area contributed by atoms with Crippen molar-refractivity contribution in [1.82, 2.24) is 15.5 Å². The molecule has 2 rings (SSSR count). The van der Waals surface area contributed by atoms with E-state index in [1.807, 2.05) is 43.6 Å². The van der Waals surface area contributed by atoms with Gasteiger partial charge in [-0.1, -0.05) is 36.4 Å². The zero-order chi connectivity index (χ0) is 21.1. The lowest BCUT2D eigenvalue weighted by Crippen LogP contribution is -2.39. The van der Waals surface area contributed by atoms with Gasteiger partial charge in [0.05, 0.1) is 0 Å². The first-order valence-corrected chi connectivity index (χ1v) is 10.9. The van der Waals surface area contributed by atoms with E-state index in [0.29, 0.717) is 32.0 Å². The molecule has 0 aliphatic carbocycles. The van der Waals surface area contributed by atoms with Crippen LogP contribution >= 0.6 is 35.7 Å². The minimum Gasteiger partial charge on any atom is -0.356 e. The molecule has 8 heteroatoms. The molecule has 0 saturated carbocycles. The van der Waals surface area contributed by atoms with Crippen LogP contribution < -0.4 is 10.6 Å². The maximum Gasteiger partial charge on any atom is 0.224 e. The lowest BCUT2D eigenvalue weighted by atomic mass is 10.1. The van der Waals surface area contributed by atoms with Gasteiger partial charge in [0, 0.05) is 45.9 Å². The van der Waals surface area contributed by atoms with Gasteiger partial charge in [-0.3, -0.25) is 9.79 Å². The van der Waals surface area contributed by atoms with E-state index in [0.717, 1.165) is 22.4 Å². The summed E-state index contributed by atoms with van der Waals surface area (Å²) < 4.78 is 13.5. The van der Waals surface area contributed by atoms with Gasteiger partial charge in [-0.15, -0.1) is 24.0 Å². The van der Waals surface area contributed by atoms with Gasteiger partial charge >= 0.3 is 0 Å². The van der Waals surface area contributed by atoms with Gasteiger partial charge < -0.3 is 15.5 Å². The molecule has 2 aromatic rings. The molecule has 5 nitrogen and oxygen atoms in total. The number of guanidine groups is 1. The summed E-state index contributed by atoms with van der Waals surface area (Å²) in [6.07, 6.45) is 2.37. The largest absolute Gasteiger partial charge is 0.356 e. The van der Waals surface area contributed by atoms with Crippen molar-refractivity contribution in [3.8, 4) is 0 Å². The van der Waals surface area contributed by atoms with Gasteiger partial charge in [-0.05, 0) is 35.1 Å². The van der Waals surface area contributed by atoms with E-state index in [-0.39, 0.29) is 35.7 Å². The molecule has 0 aromatic heterocycles. The van der Waals surface area contributed by atoms with Crippen molar-refractivity contribution in [3.05, 3.63) is 71.0 Å². The molecule has 0 spiro atoms. The number of halogens is 2. The Hall–Kier alpha value is -1.81. The van der Waals surface area contributed by atoms with E-state index in [1.165, 1.54) is 6.07 Å². The first-order valence-electron chi connectivity index (χ1n) is 9.52. The van der Waals surface area contributed by atoms with E-state index in [9.17, 15) is 9.18 Å². The third kappa shape index (κ3) is 8.91. The summed E-state index contributed by atoms with van der Waals surface area (Å²) in [7, 11) is 3.50. The predicted octanol–water partition coefficient (Wildman–Crippen LogP) is 4.02. The second-order valence-corrected chi connectivity index (χ2v) is 7.55. The fourth-order valence-corrected chi connectivity index (χ4v) is 3.46. The third-order valence-corrected chi connectivity index (χ3v) is 5.06. The van der Waals surface area contributed by atoms with Crippen molar-refractivity contribution in [3.63, 3.8) is 0 Å². The van der Waals surface area contributed by atoms with Gasteiger partial charge in [-0.25, -0.2) is 4.39 Å². The van der Waals surface area contributed by atoms with Crippen LogP contribution in [0.15, 0.2) is 53.5 Å². The number of carbonyl (C=O) groups excluding carboxylic acids is 1. The SMILES string of the molecule is CN=C(NCCC(=O)N(C)Cc1ccccc1)NCc1ccc(F)cc1CSC.I. The van der Waals surface area contributed by atoms with Crippen LogP contribution in [0.1, 0.15) is 23.1 Å². The van der Waals surface area contributed by atoms with E-state index in [4.69, 9.17) is 0 Å². The lowest BCUT2D eigenvalue weighted by molar-refractivity contribution is -0.130. The number of hydrogen-bond donors (Lipinski definition) is 2. The Morgan fingerprint density at radius 3 is 2.53 bits per heavy atom. The van der Waals surface area contributed by atoms with Crippen LogP contribution in [-0.4, -0.2) is 43.7 Å². The van der Waals surface area contributed by atoms with E-state index in [2.05, 4.69) is 15.6 Å². The maximum absolute atomic E-state index is 13.5. The summed E-state index contributed by atoms with van der Waals surface area (Å²) in [5, 5.41) is 6.39. The molecule has 30 heavy (non-hydrogen) atoms. The summed E-state index contributed by atoms with van der Waals surface area (Å²) in [4.78, 5) is 18.3. The lowest BCUT2D eigenvalue weighted by Gasteiger charge is -2.18. The molecule has 2 N–H and O–H groups in total. The molecule has 0 saturated heterocycles. The number of nitrogens with one attached hydrogen (secondary N) is 2. The zero-order valence-corrected chi connectivity index (χ0v) is 20.8. The van der Waals surface area contributed by atoms with Crippen molar-refractivity contribution in [1.29, 1.82) is 0 Å². The molecular formula is C22H30FIN4OS. The molecule has 0 aliphatic rings. The van der Waals surface area contributed by atoms with E-state index in [1.54, 1.807) is 35.8 Å². The second kappa shape index (κ2) is 14.2. The van der Waals surface area contributed by atoms with Crippen molar-refractivity contribution in [2.24, 2.45) is 4.99 Å². The number of thioether (sulfide) groups is 1. The first-order chi connectivity index (χ1) is 14.0. The summed E-state index contributed by atoms with van der Waals surface area (Å²) >= 11 is 1.66. The molecule has 0 heterocycles. The smallest absolute Gasteiger partial charge is 0.224 e. The number of rotatable bonds is 9. The van der Waals surface area contributed by atoms with Gasteiger partial charge in [-0.2, -0.15) is 11.8 Å². The van der Waals surface area contributed by atoms with Crippen LogP contribution in [-0.2, 0) is 23.6 Å². The highest BCUT2D eigenvalue weighted by Gasteiger charge is 2.10. The maximum atomic E-state index is 13.5. The normalized spacial score (nSPS) is 10.9. The predicted molar refractivity (Wildman–Crippen MR) is 135 cm³/mol. The number of nitrogens with zero attached hydrogens (tertiary/aromatic N) is 2. The molecule has 0 aliphatic heterocycles. The van der Waals surface area contributed by atoms with Crippen LogP contribution in [0.4, 0.5) is 4.39 Å². The van der Waals surface area contributed by atoms with Crippen molar-refractivity contribution in [2.45, 2.75) is 25.3 Å². The molecule has 0 unspecified atom stereocenters. The molecule has 2 aromatic carbocycles. The average Bonchev–Trinajstić information content (AvgIpc) is 2.72. The highest BCUT2D eigenvalue weighted by molar-refractivity contribution is 14.0. The number of carbonyl (C=O) groups is 1. The first kappa shape index (κ1) is 26.2. The van der Waals surface area contributed by atoms with Crippen molar-refractivity contribution < 1.29 is 9.18 Å². The summed E-state index contributed by atoms with van der Waals surface area (Å²) in [5.41, 5.74) is 3.11. The highest BCUT2D eigenvalue weighted by atomic mass is 127. The Morgan fingerprint density at radius 2 is 1.87 bits per heavy atom. The quantitative estimate of drug-likeness (QED) is 0.285. The molecule has 0 radical (unpaired) electrons. The monoisotopic (exact) mass is 544 g/mol. The standard InChI is InChI=1S/C22H29FN4OS.HI/c1-24-22(26-14-18-9-10-20(23)13-19(18)16-29-3)25-12-11-21(28)27(2)15-17-7-5-4-6-8-17;/h4-10,13H,11-12,14-16H2,1-3H3,(H2,24,25,26);1H. The molecule has 0 bridgehead atoms. The summed E-state index contributed by atoms with van der Waals surface area (Å²) in [6, 6.07) is 14.8. The Morgan fingerprint density at radius 1 is 1.13 bits per heavy atom. The number of amides is 1. The molecule has 0 fully saturated rings. The van der Waals surface area contributed by atoms with Crippen molar-refractivity contribution in [2.75, 3.05) is 26.9 Å². The van der Waals surface area contributed by atoms with E-state index < -0.39 is 0 Å². The molecule has 1 amide bonds. The number of aliphatic imine (C=N–C) groups is 1. The fraction of sp³-hybridized carbons (Fsp3) is 0.364. The molecular weight excluding hydrogens is 514 g/mol. The van der Waals surface area contributed by atoms with Gasteiger partial charge in [0.15, 0.2) is 5.96 Å². The Labute approximate surface area is 199 Å². The number of hydrogen-bond acceptors (Lipinski definition) is 3. The summed E-state index contributed by atoms with van der Waals surface area (Å²) in [5.74, 6) is 1.21. The highest BCUT2D eigenvalue weighted by Crippen LogP contribution is 2.16. The van der Waals surface area contributed by atoms with Gasteiger partial charge in [0.1, 0.15) is 5.82 Å². The van der Waals surface area contributed by atoms with Crippen molar-refractivity contribution >= 4 is 47.6 Å². The fourth-order valence-electron chi connectivity index (χ4n) is 2.88. The van der Waals surface area contributed by atoms with Gasteiger partial charge in [0.25, 0.3) is 0 Å². The topological polar surface area (TPSA) is 56.7 Å². The minimum atomic E-state index is -0.224. The Bertz CT molecular complexity index is 820. The molecule has 164 valence electrons. The van der Waals surface area contributed by atoms with E-state index >= 15 is 0 Å². The Kier molecular flexibility index (Phi) is 12.4. The van der Waals surface area contributed by atoms with Crippen LogP contribution in [0.2, 0.25) is 0 Å². The summed E-state index contributed by atoms with van der Waals surface area (Å²) in [6.45, 7) is 1.62. The average molecular weight is 544 g/mol. The molecule has 0 atom stereocenters. The van der Waals surface area contributed by atoms with Gasteiger partial charge in [0.2, 0.25) is 5.91 Å². The van der Waals surface area contributed by atoms with Crippen LogP contribution in [0.5, 0.6) is 0 Å². The Balaban J connectivity index is 0.00000450. The minimum absolute atomic E-state index is 0. The zero-order valence-electron chi connectivity index (χ0n) is 17.7. The van der Waals surface area contributed by atoms with Crippen LogP contribution in [0.25, 0.3) is 0 Å².